The van der Waals surface area contributed by atoms with Gasteiger partial charge in [0.1, 0.15) is 0 Å². The lowest BCUT2D eigenvalue weighted by molar-refractivity contribution is -0.186. The van der Waals surface area contributed by atoms with E-state index in [2.05, 4.69) is 6.92 Å². The summed E-state index contributed by atoms with van der Waals surface area (Å²) >= 11 is 0. The van der Waals surface area contributed by atoms with E-state index in [-0.39, 0.29) is 48.4 Å². The minimum Gasteiger partial charge on any atom is -0.438 e. The summed E-state index contributed by atoms with van der Waals surface area (Å²) in [5.74, 6) is -0.340. The number of hydrogen-bond acceptors (Lipinski definition) is 9. The van der Waals surface area contributed by atoms with Crippen LogP contribution in [0.3, 0.4) is 0 Å². The Morgan fingerprint density at radius 2 is 1.84 bits per heavy atom. The summed E-state index contributed by atoms with van der Waals surface area (Å²) in [7, 11) is 1.18. The van der Waals surface area contributed by atoms with E-state index in [1.165, 1.54) is 7.11 Å². The monoisotopic (exact) mass is 520 g/mol. The lowest BCUT2D eigenvalue weighted by atomic mass is 9.45. The fourth-order valence-electron chi connectivity index (χ4n) is 8.12. The van der Waals surface area contributed by atoms with E-state index in [1.807, 2.05) is 13.8 Å². The van der Waals surface area contributed by atoms with Crippen LogP contribution < -0.4 is 0 Å². The van der Waals surface area contributed by atoms with E-state index in [1.54, 1.807) is 6.08 Å². The zero-order chi connectivity index (χ0) is 27.0. The Morgan fingerprint density at radius 1 is 1.08 bits per heavy atom. The topological polar surface area (TPSA) is 125 Å². The molecule has 0 aromatic heterocycles. The number of hydrogen-bond donors (Lipinski definition) is 1. The third-order valence-corrected chi connectivity index (χ3v) is 9.93. The minimum atomic E-state index is -1.60. The van der Waals surface area contributed by atoms with E-state index in [4.69, 9.17) is 18.9 Å². The van der Waals surface area contributed by atoms with Gasteiger partial charge in [0, 0.05) is 11.8 Å². The molecular weight excluding hydrogens is 480 g/mol. The van der Waals surface area contributed by atoms with Gasteiger partial charge in [-0.25, -0.2) is 9.59 Å². The summed E-state index contributed by atoms with van der Waals surface area (Å²) in [5, 5.41) is 11.6. The molecule has 206 valence electrons. The number of carbonyl (C=O) groups excluding carboxylic acids is 4. The molecule has 1 N–H and O–H groups in total. The highest BCUT2D eigenvalue weighted by molar-refractivity contribution is 5.93. The second-order valence-corrected chi connectivity index (χ2v) is 11.7. The van der Waals surface area contributed by atoms with Gasteiger partial charge in [0.05, 0.1) is 19.8 Å². The van der Waals surface area contributed by atoms with Crippen LogP contribution in [0.1, 0.15) is 78.6 Å². The van der Waals surface area contributed by atoms with Crippen molar-refractivity contribution in [2.45, 2.75) is 90.3 Å². The first kappa shape index (κ1) is 27.6. The zero-order valence-electron chi connectivity index (χ0n) is 22.4. The Morgan fingerprint density at radius 3 is 2.54 bits per heavy atom. The molecule has 3 saturated carbocycles. The molecule has 4 aliphatic carbocycles. The van der Waals surface area contributed by atoms with Crippen molar-refractivity contribution in [1.29, 1.82) is 0 Å². The van der Waals surface area contributed by atoms with Crippen LogP contribution in [0.25, 0.3) is 0 Å². The number of ketones is 2. The van der Waals surface area contributed by atoms with Gasteiger partial charge in [0.15, 0.2) is 18.0 Å². The zero-order valence-corrected chi connectivity index (χ0v) is 22.4. The highest BCUT2D eigenvalue weighted by Crippen LogP contribution is 2.68. The fraction of sp³-hybridized carbons (Fsp3) is 0.786. The van der Waals surface area contributed by atoms with Crippen LogP contribution in [0.4, 0.5) is 9.59 Å². The van der Waals surface area contributed by atoms with Crippen LogP contribution in [0.5, 0.6) is 0 Å². The second-order valence-electron chi connectivity index (χ2n) is 11.7. The molecule has 3 fully saturated rings. The van der Waals surface area contributed by atoms with Crippen molar-refractivity contribution < 1.29 is 43.2 Å². The van der Waals surface area contributed by atoms with Crippen LogP contribution in [0.2, 0.25) is 0 Å². The molecule has 0 heterocycles. The van der Waals surface area contributed by atoms with Gasteiger partial charge in [-0.2, -0.15) is 0 Å². The number of fused-ring (bicyclic) bond motifs is 5. The summed E-state index contributed by atoms with van der Waals surface area (Å²) in [4.78, 5) is 50.3. The smallest absolute Gasteiger partial charge is 0.438 e. The summed E-state index contributed by atoms with van der Waals surface area (Å²) in [5.41, 5.74) is -1.63. The molecule has 0 saturated heterocycles. The standard InChI is InChI=1S/C28H40O9/c1-5-6-13-35-25(33)36-16-22(31)28(37-24(32)34-4)12-10-20-19-8-7-17-14-18(29)9-11-26(17,2)23(19)21(30)15-27(20,28)3/h14,19-21,23,30H,5-13,15-16H2,1-4H3/t19-,20-,21-,23+,26-,27-,28-/m0/s1. The molecule has 0 spiro atoms. The van der Waals surface area contributed by atoms with Crippen molar-refractivity contribution in [3.63, 3.8) is 0 Å². The number of ether oxygens (including phenoxy) is 4. The van der Waals surface area contributed by atoms with Crippen molar-refractivity contribution in [3.8, 4) is 0 Å². The Balaban J connectivity index is 1.61. The Labute approximate surface area is 218 Å². The number of rotatable bonds is 7. The molecule has 4 aliphatic rings. The molecule has 4 rings (SSSR count). The van der Waals surface area contributed by atoms with Gasteiger partial charge in [0.25, 0.3) is 0 Å². The van der Waals surface area contributed by atoms with Crippen molar-refractivity contribution in [2.24, 2.45) is 28.6 Å². The summed E-state index contributed by atoms with van der Waals surface area (Å²) in [6.45, 7) is 5.63. The number of Topliss-reactive ketones (excluding diaryl/α,β-unsaturated/α-hetero) is 1. The van der Waals surface area contributed by atoms with E-state index in [0.29, 0.717) is 25.7 Å². The maximum atomic E-state index is 13.7. The first-order chi connectivity index (χ1) is 17.5. The van der Waals surface area contributed by atoms with Gasteiger partial charge in [-0.15, -0.1) is 0 Å². The molecule has 0 unspecified atom stereocenters. The van der Waals surface area contributed by atoms with Crippen molar-refractivity contribution in [1.82, 2.24) is 0 Å². The van der Waals surface area contributed by atoms with E-state index >= 15 is 0 Å². The third-order valence-electron chi connectivity index (χ3n) is 9.93. The van der Waals surface area contributed by atoms with Crippen molar-refractivity contribution in [2.75, 3.05) is 20.3 Å². The summed E-state index contributed by atoms with van der Waals surface area (Å²) in [6.07, 6.45) is 4.50. The Hall–Kier alpha value is -2.42. The quantitative estimate of drug-likeness (QED) is 0.380. The second kappa shape index (κ2) is 10.4. The van der Waals surface area contributed by atoms with Crippen LogP contribution in [0.15, 0.2) is 11.6 Å². The molecule has 9 nitrogen and oxygen atoms in total. The fourth-order valence-corrected chi connectivity index (χ4v) is 8.12. The number of unbranched alkanes of at least 4 members (excludes halogenated alkanes) is 1. The Kier molecular flexibility index (Phi) is 7.75. The van der Waals surface area contributed by atoms with Crippen LogP contribution in [-0.4, -0.2) is 61.0 Å². The predicted octanol–water partition coefficient (Wildman–Crippen LogP) is 4.53. The molecule has 7 atom stereocenters. The van der Waals surface area contributed by atoms with Gasteiger partial charge in [0.2, 0.25) is 5.78 Å². The van der Waals surface area contributed by atoms with E-state index in [9.17, 15) is 24.3 Å². The molecule has 0 bridgehead atoms. The van der Waals surface area contributed by atoms with Gasteiger partial charge in [-0.1, -0.05) is 32.8 Å². The molecule has 0 radical (unpaired) electrons. The molecule has 0 amide bonds. The largest absolute Gasteiger partial charge is 0.509 e. The molecule has 37 heavy (non-hydrogen) atoms. The molecule has 0 aromatic rings. The number of carbonyl (C=O) groups is 4. The Bertz CT molecular complexity index is 973. The number of aliphatic hydroxyl groups is 1. The van der Waals surface area contributed by atoms with Crippen LogP contribution in [0, 0.1) is 28.6 Å². The van der Waals surface area contributed by atoms with Crippen LogP contribution in [-0.2, 0) is 28.5 Å². The maximum Gasteiger partial charge on any atom is 0.509 e. The van der Waals surface area contributed by atoms with Crippen LogP contribution >= 0.6 is 0 Å². The van der Waals surface area contributed by atoms with Gasteiger partial charge >= 0.3 is 12.3 Å². The number of aliphatic hydroxyl groups excluding tert-OH is 1. The first-order valence-electron chi connectivity index (χ1n) is 13.5. The SMILES string of the molecule is CCCCOC(=O)OCC(=O)[C@@]1(OC(=O)OC)CC[C@H]2[C@@H]3CCC4=CC(=O)CC[C@]4(C)[C@H]3[C@@H](O)C[C@@]21C. The summed E-state index contributed by atoms with van der Waals surface area (Å²) in [6, 6.07) is 0. The van der Waals surface area contributed by atoms with Crippen molar-refractivity contribution >= 4 is 23.9 Å². The maximum absolute atomic E-state index is 13.7. The van der Waals surface area contributed by atoms with Crippen molar-refractivity contribution in [3.05, 3.63) is 11.6 Å². The number of methoxy groups -OCH3 is 1. The lowest BCUT2D eigenvalue weighted by Gasteiger charge is -2.60. The molecular formula is C28H40O9. The molecule has 9 heteroatoms. The molecule has 0 aromatic carbocycles. The van der Waals surface area contributed by atoms with Gasteiger partial charge in [-0.05, 0) is 74.2 Å². The van der Waals surface area contributed by atoms with E-state index < -0.39 is 41.8 Å². The van der Waals surface area contributed by atoms with E-state index in [0.717, 1.165) is 24.8 Å². The number of allylic oxidation sites excluding steroid dienone is 1. The minimum absolute atomic E-state index is 0.00187. The molecule has 0 aliphatic heterocycles. The predicted molar refractivity (Wildman–Crippen MR) is 132 cm³/mol. The normalized spacial score (nSPS) is 38.4. The summed E-state index contributed by atoms with van der Waals surface area (Å²) < 4.78 is 20.7. The van der Waals surface area contributed by atoms with Gasteiger partial charge in [-0.3, -0.25) is 9.59 Å². The third kappa shape index (κ3) is 4.57. The highest BCUT2D eigenvalue weighted by atomic mass is 16.7. The lowest BCUT2D eigenvalue weighted by Crippen LogP contribution is -2.63. The van der Waals surface area contributed by atoms with Gasteiger partial charge < -0.3 is 24.1 Å². The average Bonchev–Trinajstić information content (AvgIpc) is 3.15. The first-order valence-corrected chi connectivity index (χ1v) is 13.5. The highest BCUT2D eigenvalue weighted by Gasteiger charge is 2.70. The average molecular weight is 521 g/mol.